The molecule has 1 unspecified atom stereocenters. The van der Waals surface area contributed by atoms with Gasteiger partial charge >= 0.3 is 29.6 Å². The molecule has 0 saturated heterocycles. The average molecular weight is 271 g/mol. The second-order valence-corrected chi connectivity index (χ2v) is 4.73. The minimum atomic E-state index is -1.38. The number of carbonyl (C=O) groups is 1. The van der Waals surface area contributed by atoms with Crippen molar-refractivity contribution >= 4 is 16.6 Å². The molecule has 2 aromatic rings. The molecular formula is C12H10NNaO3S. The molecule has 1 aromatic carbocycles. The van der Waals surface area contributed by atoms with Crippen LogP contribution in [0.1, 0.15) is 10.4 Å². The van der Waals surface area contributed by atoms with Gasteiger partial charge in [0, 0.05) is 17.6 Å². The first-order chi connectivity index (χ1) is 8.11. The number of nitrogens with zero attached hydrogens (tertiary/aromatic N) is 1. The zero-order valence-electron chi connectivity index (χ0n) is 10.2. The van der Waals surface area contributed by atoms with Gasteiger partial charge in [-0.2, -0.15) is 6.92 Å². The fourth-order valence-corrected chi connectivity index (χ4v) is 2.14. The van der Waals surface area contributed by atoms with Crippen LogP contribution in [-0.4, -0.2) is 21.4 Å². The van der Waals surface area contributed by atoms with Crippen molar-refractivity contribution < 1.29 is 43.1 Å². The Morgan fingerprint density at radius 3 is 2.44 bits per heavy atom. The van der Waals surface area contributed by atoms with Crippen LogP contribution in [0.15, 0.2) is 39.9 Å². The molecule has 0 spiro atoms. The fraction of sp³-hybridized carbons (Fsp3) is 0.0833. The number of benzene rings is 1. The Kier molecular flexibility index (Phi) is 5.34. The first-order valence-corrected chi connectivity index (χ1v) is 6.42. The van der Waals surface area contributed by atoms with Crippen molar-refractivity contribution in [2.75, 3.05) is 6.26 Å². The van der Waals surface area contributed by atoms with Crippen LogP contribution < -0.4 is 29.6 Å². The second kappa shape index (κ2) is 6.33. The number of aromatic nitrogens is 1. The predicted octanol–water partition coefficient (Wildman–Crippen LogP) is -0.900. The van der Waals surface area contributed by atoms with Crippen LogP contribution >= 0.6 is 0 Å². The molecule has 2 rings (SSSR count). The number of hydrogen-bond acceptors (Lipinski definition) is 4. The maximum absolute atomic E-state index is 11.5. The molecule has 1 heterocycles. The van der Waals surface area contributed by atoms with Crippen LogP contribution in [0.2, 0.25) is 0 Å². The van der Waals surface area contributed by atoms with Crippen molar-refractivity contribution in [2.45, 2.75) is 5.03 Å². The third kappa shape index (κ3) is 2.92. The molecule has 4 nitrogen and oxygen atoms in total. The van der Waals surface area contributed by atoms with Gasteiger partial charge in [-0.3, -0.25) is 4.21 Å². The quantitative estimate of drug-likeness (QED) is 0.412. The molecule has 0 amide bonds. The van der Waals surface area contributed by atoms with Gasteiger partial charge in [-0.1, -0.05) is 35.5 Å². The Hall–Kier alpha value is -0.880. The number of hydrogen-bond donors (Lipinski definition) is 0. The normalized spacial score (nSPS) is 11.6. The molecule has 0 radical (unpaired) electrons. The number of carbonyl (C=O) groups excluding carboxylic acids is 1. The minimum absolute atomic E-state index is 0. The maximum Gasteiger partial charge on any atom is 1.00 e. The van der Waals surface area contributed by atoms with E-state index in [4.69, 9.17) is 4.52 Å². The van der Waals surface area contributed by atoms with Gasteiger partial charge in [0.25, 0.3) is 0 Å². The molecule has 0 aliphatic carbocycles. The summed E-state index contributed by atoms with van der Waals surface area (Å²) in [5.41, 5.74) is 0.903. The molecule has 0 N–H and O–H groups in total. The third-order valence-corrected chi connectivity index (χ3v) is 3.07. The van der Waals surface area contributed by atoms with Crippen LogP contribution in [0.25, 0.3) is 11.3 Å². The smallest absolute Gasteiger partial charge is 0.375 e. The Bertz CT molecular complexity index is 580. The zero-order valence-corrected chi connectivity index (χ0v) is 13.0. The molecule has 1 aromatic heterocycles. The summed E-state index contributed by atoms with van der Waals surface area (Å²) in [7, 11) is -1.38. The van der Waals surface area contributed by atoms with Gasteiger partial charge in [0.1, 0.15) is 5.03 Å². The van der Waals surface area contributed by atoms with E-state index in [1.165, 1.54) is 6.26 Å². The Morgan fingerprint density at radius 2 is 1.94 bits per heavy atom. The summed E-state index contributed by atoms with van der Waals surface area (Å²) in [6.07, 6.45) is 1.44. The van der Waals surface area contributed by atoms with Gasteiger partial charge in [0.05, 0.1) is 16.6 Å². The van der Waals surface area contributed by atoms with E-state index in [-0.39, 0.29) is 40.1 Å². The monoisotopic (exact) mass is 271 g/mol. The zero-order chi connectivity index (χ0) is 12.4. The summed E-state index contributed by atoms with van der Waals surface area (Å²) in [6.45, 7) is 3.34. The van der Waals surface area contributed by atoms with Crippen LogP contribution in [0.4, 0.5) is 0 Å². The van der Waals surface area contributed by atoms with Crippen molar-refractivity contribution in [3.63, 3.8) is 0 Å². The van der Waals surface area contributed by atoms with Crippen LogP contribution in [0.5, 0.6) is 0 Å². The number of rotatable bonds is 3. The molecule has 1 atom stereocenters. The van der Waals surface area contributed by atoms with E-state index in [1.807, 2.05) is 18.2 Å². The van der Waals surface area contributed by atoms with Crippen molar-refractivity contribution in [3.8, 4) is 11.3 Å². The van der Waals surface area contributed by atoms with Crippen molar-refractivity contribution in [3.05, 3.63) is 42.8 Å². The SMILES string of the molecule is [CH2-]C(=O)c1c(S(C)=O)noc1-c1ccccc1.[Na+]. The predicted molar refractivity (Wildman–Crippen MR) is 64.0 cm³/mol. The van der Waals surface area contributed by atoms with E-state index in [2.05, 4.69) is 12.1 Å². The maximum atomic E-state index is 11.5. The molecule has 88 valence electrons. The molecule has 0 aliphatic rings. The van der Waals surface area contributed by atoms with E-state index >= 15 is 0 Å². The minimum Gasteiger partial charge on any atom is -0.375 e. The van der Waals surface area contributed by atoms with Crippen molar-refractivity contribution in [2.24, 2.45) is 0 Å². The summed E-state index contributed by atoms with van der Waals surface area (Å²) in [5.74, 6) is -0.133. The van der Waals surface area contributed by atoms with Gasteiger partial charge in [-0.05, 0) is 5.56 Å². The molecule has 0 bridgehead atoms. The van der Waals surface area contributed by atoms with Gasteiger partial charge in [-0.15, -0.1) is 0 Å². The molecule has 18 heavy (non-hydrogen) atoms. The molecular weight excluding hydrogens is 261 g/mol. The molecule has 0 aliphatic heterocycles. The van der Waals surface area contributed by atoms with E-state index in [0.717, 1.165) is 0 Å². The largest absolute Gasteiger partial charge is 1.00 e. The number of ketones is 1. The third-order valence-electron chi connectivity index (χ3n) is 2.25. The first kappa shape index (κ1) is 15.2. The summed E-state index contributed by atoms with van der Waals surface area (Å²) < 4.78 is 16.5. The average Bonchev–Trinajstić information content (AvgIpc) is 2.74. The number of Topliss-reactive ketones (excluding diaryl/α,β-unsaturated/α-hetero) is 1. The Balaban J connectivity index is 0.00000162. The van der Waals surface area contributed by atoms with E-state index in [9.17, 15) is 9.00 Å². The van der Waals surface area contributed by atoms with Crippen LogP contribution in [0.3, 0.4) is 0 Å². The first-order valence-electron chi connectivity index (χ1n) is 4.86. The fourth-order valence-electron chi connectivity index (χ4n) is 1.50. The van der Waals surface area contributed by atoms with E-state index in [0.29, 0.717) is 11.3 Å². The van der Waals surface area contributed by atoms with Gasteiger partial charge < -0.3 is 9.32 Å². The van der Waals surface area contributed by atoms with Crippen LogP contribution in [0, 0.1) is 6.92 Å². The van der Waals surface area contributed by atoms with Gasteiger partial charge in [-0.25, -0.2) is 0 Å². The van der Waals surface area contributed by atoms with Crippen LogP contribution in [-0.2, 0) is 10.8 Å². The Labute approximate surface area is 129 Å². The van der Waals surface area contributed by atoms with E-state index < -0.39 is 16.6 Å². The topological polar surface area (TPSA) is 60.2 Å². The van der Waals surface area contributed by atoms with Crippen molar-refractivity contribution in [1.82, 2.24) is 5.16 Å². The van der Waals surface area contributed by atoms with Gasteiger partial charge in [0.15, 0.2) is 0 Å². The van der Waals surface area contributed by atoms with E-state index in [1.54, 1.807) is 12.1 Å². The standard InChI is InChI=1S/C12H10NO3S.Na/c1-8(14)10-11(9-6-4-3-5-7-9)16-13-12(10)17(2)15;/h3-7H,1H2,2H3;/q-1;+1. The Morgan fingerprint density at radius 1 is 1.33 bits per heavy atom. The summed E-state index contributed by atoms with van der Waals surface area (Å²) in [4.78, 5) is 11.5. The summed E-state index contributed by atoms with van der Waals surface area (Å²) >= 11 is 0. The van der Waals surface area contributed by atoms with Gasteiger partial charge in [0.2, 0.25) is 0 Å². The molecule has 0 fully saturated rings. The summed E-state index contributed by atoms with van der Waals surface area (Å²) in [6, 6.07) is 9.06. The van der Waals surface area contributed by atoms with Crippen molar-refractivity contribution in [1.29, 1.82) is 0 Å². The molecule has 0 saturated carbocycles. The molecule has 6 heteroatoms. The second-order valence-electron chi connectivity index (χ2n) is 3.44. The summed E-state index contributed by atoms with van der Waals surface area (Å²) in [5, 5.41) is 3.82.